The van der Waals surface area contributed by atoms with Crippen LogP contribution in [0.3, 0.4) is 0 Å². The maximum atomic E-state index is 12.0. The van der Waals surface area contributed by atoms with Gasteiger partial charge in [-0.3, -0.25) is 9.69 Å². The first-order valence-corrected chi connectivity index (χ1v) is 8.30. The van der Waals surface area contributed by atoms with Crippen LogP contribution >= 0.6 is 0 Å². The van der Waals surface area contributed by atoms with Gasteiger partial charge in [-0.15, -0.1) is 0 Å². The Morgan fingerprint density at radius 3 is 2.55 bits per heavy atom. The average Bonchev–Trinajstić information content (AvgIpc) is 2.50. The second-order valence-corrected chi connectivity index (χ2v) is 6.76. The van der Waals surface area contributed by atoms with Gasteiger partial charge in [0, 0.05) is 25.7 Å². The lowest BCUT2D eigenvalue weighted by molar-refractivity contribution is -0.124. The van der Waals surface area contributed by atoms with E-state index in [0.717, 1.165) is 32.5 Å². The van der Waals surface area contributed by atoms with Crippen molar-refractivity contribution in [2.75, 3.05) is 13.1 Å². The number of hydrogen-bond acceptors (Lipinski definition) is 3. The third-order valence-corrected chi connectivity index (χ3v) is 4.61. The molecule has 0 spiro atoms. The Kier molecular flexibility index (Phi) is 5.98. The Hall–Kier alpha value is -1.39. The van der Waals surface area contributed by atoms with E-state index in [9.17, 15) is 4.79 Å². The minimum absolute atomic E-state index is 0.00708. The number of amides is 1. The van der Waals surface area contributed by atoms with Crippen molar-refractivity contribution in [3.8, 4) is 0 Å². The maximum absolute atomic E-state index is 12.0. The lowest BCUT2D eigenvalue weighted by atomic mass is 10.0. The van der Waals surface area contributed by atoms with Crippen LogP contribution in [0.1, 0.15) is 37.8 Å². The Balaban J connectivity index is 1.79. The molecule has 1 fully saturated rings. The van der Waals surface area contributed by atoms with Crippen LogP contribution < -0.4 is 11.1 Å². The molecule has 0 radical (unpaired) electrons. The molecule has 1 atom stereocenters. The quantitative estimate of drug-likeness (QED) is 0.875. The molecule has 0 unspecified atom stereocenters. The standard InChI is InChI=1S/C18H29N3O/c1-13(2)17(19)18(22)20-16-8-10-21(11-9-16)12-15-7-5-4-6-14(15)3/h4-7,13,16-17H,8-12,19H2,1-3H3,(H,20,22)/t17-/m0/s1. The summed E-state index contributed by atoms with van der Waals surface area (Å²) in [6.07, 6.45) is 2.00. The van der Waals surface area contributed by atoms with Crippen molar-refractivity contribution in [3.05, 3.63) is 35.4 Å². The van der Waals surface area contributed by atoms with Crippen molar-refractivity contribution >= 4 is 5.91 Å². The molecule has 1 aromatic rings. The number of hydrogen-bond donors (Lipinski definition) is 2. The van der Waals surface area contributed by atoms with E-state index in [1.165, 1.54) is 11.1 Å². The van der Waals surface area contributed by atoms with Crippen molar-refractivity contribution in [1.82, 2.24) is 10.2 Å². The van der Waals surface area contributed by atoms with E-state index in [2.05, 4.69) is 41.4 Å². The molecule has 1 saturated heterocycles. The first-order chi connectivity index (χ1) is 10.5. The Labute approximate surface area is 134 Å². The van der Waals surface area contributed by atoms with Gasteiger partial charge in [-0.2, -0.15) is 0 Å². The molecule has 0 aromatic heterocycles. The molecule has 1 aliphatic heterocycles. The van der Waals surface area contributed by atoms with Crippen molar-refractivity contribution in [1.29, 1.82) is 0 Å². The van der Waals surface area contributed by atoms with Crippen LogP contribution in [-0.2, 0) is 11.3 Å². The highest BCUT2D eigenvalue weighted by Crippen LogP contribution is 2.16. The molecule has 2 rings (SSSR count). The van der Waals surface area contributed by atoms with E-state index in [0.29, 0.717) is 0 Å². The number of nitrogens with two attached hydrogens (primary N) is 1. The minimum Gasteiger partial charge on any atom is -0.352 e. The van der Waals surface area contributed by atoms with Gasteiger partial charge < -0.3 is 11.1 Å². The van der Waals surface area contributed by atoms with Gasteiger partial charge in [0.1, 0.15) is 0 Å². The normalized spacial score (nSPS) is 18.4. The SMILES string of the molecule is Cc1ccccc1CN1CCC(NC(=O)[C@@H](N)C(C)C)CC1. The van der Waals surface area contributed by atoms with Crippen molar-refractivity contribution in [2.24, 2.45) is 11.7 Å². The highest BCUT2D eigenvalue weighted by molar-refractivity contribution is 5.82. The van der Waals surface area contributed by atoms with Gasteiger partial charge in [-0.1, -0.05) is 38.1 Å². The smallest absolute Gasteiger partial charge is 0.237 e. The predicted molar refractivity (Wildman–Crippen MR) is 90.4 cm³/mol. The predicted octanol–water partition coefficient (Wildman–Crippen LogP) is 2.06. The number of rotatable bonds is 5. The number of carbonyl (C=O) groups is 1. The monoisotopic (exact) mass is 303 g/mol. The van der Waals surface area contributed by atoms with Gasteiger partial charge in [-0.25, -0.2) is 0 Å². The molecule has 0 bridgehead atoms. The summed E-state index contributed by atoms with van der Waals surface area (Å²) in [7, 11) is 0. The summed E-state index contributed by atoms with van der Waals surface area (Å²) in [5, 5.41) is 3.11. The van der Waals surface area contributed by atoms with Gasteiger partial charge >= 0.3 is 0 Å². The molecule has 0 saturated carbocycles. The summed E-state index contributed by atoms with van der Waals surface area (Å²) in [6, 6.07) is 8.41. The maximum Gasteiger partial charge on any atom is 0.237 e. The highest BCUT2D eigenvalue weighted by atomic mass is 16.2. The molecule has 4 heteroatoms. The highest BCUT2D eigenvalue weighted by Gasteiger charge is 2.24. The van der Waals surface area contributed by atoms with Gasteiger partial charge in [0.25, 0.3) is 0 Å². The van der Waals surface area contributed by atoms with E-state index in [1.54, 1.807) is 0 Å². The van der Waals surface area contributed by atoms with Crippen LogP contribution in [0, 0.1) is 12.8 Å². The third kappa shape index (κ3) is 4.55. The zero-order chi connectivity index (χ0) is 16.1. The van der Waals surface area contributed by atoms with E-state index in [-0.39, 0.29) is 17.9 Å². The molecule has 22 heavy (non-hydrogen) atoms. The Bertz CT molecular complexity index is 493. The van der Waals surface area contributed by atoms with Gasteiger partial charge in [0.2, 0.25) is 5.91 Å². The number of likely N-dealkylation sites (tertiary alicyclic amines) is 1. The number of nitrogens with one attached hydrogen (secondary N) is 1. The van der Waals surface area contributed by atoms with Gasteiger partial charge in [0.15, 0.2) is 0 Å². The molecule has 1 aromatic carbocycles. The van der Waals surface area contributed by atoms with Crippen LogP contribution in [0.5, 0.6) is 0 Å². The fourth-order valence-corrected chi connectivity index (χ4v) is 2.86. The summed E-state index contributed by atoms with van der Waals surface area (Å²) in [5.41, 5.74) is 8.64. The largest absolute Gasteiger partial charge is 0.352 e. The van der Waals surface area contributed by atoms with E-state index >= 15 is 0 Å². The minimum atomic E-state index is -0.398. The number of carbonyl (C=O) groups excluding carboxylic acids is 1. The van der Waals surface area contributed by atoms with Crippen molar-refractivity contribution in [3.63, 3.8) is 0 Å². The number of benzene rings is 1. The molecule has 4 nitrogen and oxygen atoms in total. The first kappa shape index (κ1) is 17.0. The molecule has 3 N–H and O–H groups in total. The zero-order valence-electron chi connectivity index (χ0n) is 14.0. The fourth-order valence-electron chi connectivity index (χ4n) is 2.86. The lowest BCUT2D eigenvalue weighted by Gasteiger charge is -2.33. The van der Waals surface area contributed by atoms with Gasteiger partial charge in [-0.05, 0) is 36.8 Å². The van der Waals surface area contributed by atoms with Gasteiger partial charge in [0.05, 0.1) is 6.04 Å². The number of nitrogens with zero attached hydrogens (tertiary/aromatic N) is 1. The molecule has 1 amide bonds. The van der Waals surface area contributed by atoms with Crippen LogP contribution in [0.15, 0.2) is 24.3 Å². The Morgan fingerprint density at radius 2 is 1.95 bits per heavy atom. The molecular weight excluding hydrogens is 274 g/mol. The van der Waals surface area contributed by atoms with Crippen LogP contribution in [0.2, 0.25) is 0 Å². The first-order valence-electron chi connectivity index (χ1n) is 8.30. The molecule has 1 aliphatic rings. The van der Waals surface area contributed by atoms with E-state index < -0.39 is 6.04 Å². The molecular formula is C18H29N3O. The number of aryl methyl sites for hydroxylation is 1. The number of piperidine rings is 1. The molecule has 1 heterocycles. The summed E-state index contributed by atoms with van der Waals surface area (Å²) in [6.45, 7) is 9.17. The average molecular weight is 303 g/mol. The van der Waals surface area contributed by atoms with E-state index in [1.807, 2.05) is 13.8 Å². The lowest BCUT2D eigenvalue weighted by Crippen LogP contribution is -2.51. The second-order valence-electron chi connectivity index (χ2n) is 6.76. The van der Waals surface area contributed by atoms with Crippen LogP contribution in [0.25, 0.3) is 0 Å². The summed E-state index contributed by atoms with van der Waals surface area (Å²) < 4.78 is 0. The topological polar surface area (TPSA) is 58.4 Å². The van der Waals surface area contributed by atoms with Crippen LogP contribution in [0.4, 0.5) is 0 Å². The van der Waals surface area contributed by atoms with Crippen molar-refractivity contribution < 1.29 is 4.79 Å². The summed E-state index contributed by atoms with van der Waals surface area (Å²) >= 11 is 0. The van der Waals surface area contributed by atoms with E-state index in [4.69, 9.17) is 5.73 Å². The van der Waals surface area contributed by atoms with Crippen LogP contribution in [-0.4, -0.2) is 36.0 Å². The molecule has 0 aliphatic carbocycles. The second kappa shape index (κ2) is 7.75. The summed E-state index contributed by atoms with van der Waals surface area (Å²) in [4.78, 5) is 14.5. The molecule has 122 valence electrons. The summed E-state index contributed by atoms with van der Waals surface area (Å²) in [5.74, 6) is 0.175. The van der Waals surface area contributed by atoms with Crippen molar-refractivity contribution in [2.45, 2.75) is 52.2 Å². The Morgan fingerprint density at radius 1 is 1.32 bits per heavy atom. The fraction of sp³-hybridized carbons (Fsp3) is 0.611. The third-order valence-electron chi connectivity index (χ3n) is 4.61. The zero-order valence-corrected chi connectivity index (χ0v) is 14.0.